The van der Waals surface area contributed by atoms with Gasteiger partial charge >= 0.3 is 6.07 Å². The summed E-state index contributed by atoms with van der Waals surface area (Å²) in [7, 11) is 1.66. The van der Waals surface area contributed by atoms with Gasteiger partial charge in [-0.25, -0.2) is 0 Å². The molecule has 0 aromatic carbocycles. The Labute approximate surface area is 68.0 Å². The molecule has 11 heavy (non-hydrogen) atoms. The van der Waals surface area contributed by atoms with E-state index in [0.29, 0.717) is 0 Å². The summed E-state index contributed by atoms with van der Waals surface area (Å²) in [4.78, 5) is 3.76. The minimum Gasteiger partial charge on any atom is -0.372 e. The Bertz CT molecular complexity index is 181. The fourth-order valence-electron chi connectivity index (χ4n) is 1.56. The summed E-state index contributed by atoms with van der Waals surface area (Å²) in [5.41, 5.74) is -0.707. The van der Waals surface area contributed by atoms with Crippen molar-refractivity contribution in [3.63, 3.8) is 0 Å². The van der Waals surface area contributed by atoms with Gasteiger partial charge in [-0.15, -0.1) is 0 Å². The molecule has 2 nitrogen and oxygen atoms in total. The Morgan fingerprint density at radius 2 is 2.00 bits per heavy atom. The molecule has 0 aromatic rings. The number of hydrogen-bond donors (Lipinski definition) is 1. The van der Waals surface area contributed by atoms with Crippen molar-refractivity contribution in [3.05, 3.63) is 4.85 Å². The lowest BCUT2D eigenvalue weighted by molar-refractivity contribution is 0.0468. The third-order valence-electron chi connectivity index (χ3n) is 2.42. The molecule has 0 unspecified atom stereocenters. The molecule has 1 N–H and O–H groups in total. The summed E-state index contributed by atoms with van der Waals surface area (Å²) in [6.07, 6.45) is 3.84. The van der Waals surface area contributed by atoms with Crippen LogP contribution >= 0.6 is 0 Å². The maximum atomic E-state index is 9.78. The molecule has 1 saturated carbocycles. The van der Waals surface area contributed by atoms with Crippen molar-refractivity contribution >= 4 is 0 Å². The average molecular weight is 154 g/mol. The van der Waals surface area contributed by atoms with E-state index in [2.05, 4.69) is 17.8 Å². The van der Waals surface area contributed by atoms with Crippen LogP contribution in [0.15, 0.2) is 0 Å². The molecule has 0 radical (unpaired) electrons. The molecule has 0 spiro atoms. The highest BCUT2D eigenvalue weighted by atomic mass is 16.3. The second-order valence-corrected chi connectivity index (χ2v) is 3.55. The van der Waals surface area contributed by atoms with Gasteiger partial charge in [0.1, 0.15) is 0 Å². The number of hydrogen-bond acceptors (Lipinski definition) is 1. The Kier molecular flexibility index (Phi) is 2.51. The van der Waals surface area contributed by atoms with Gasteiger partial charge in [0, 0.05) is 0 Å². The molecule has 62 valence electrons. The van der Waals surface area contributed by atoms with Gasteiger partial charge in [-0.1, -0.05) is 11.8 Å². The Morgan fingerprint density at radius 3 is 2.45 bits per heavy atom. The molecule has 2 heteroatoms. The molecule has 1 fully saturated rings. The molecule has 0 atom stereocenters. The first-order chi connectivity index (χ1) is 5.16. The van der Waals surface area contributed by atoms with Crippen molar-refractivity contribution in [1.82, 2.24) is 0 Å². The van der Waals surface area contributed by atoms with Gasteiger partial charge < -0.3 is 5.11 Å². The van der Waals surface area contributed by atoms with E-state index in [1.54, 1.807) is 7.05 Å². The van der Waals surface area contributed by atoms with Crippen LogP contribution < -0.4 is 0 Å². The first kappa shape index (κ1) is 8.55. The maximum Gasteiger partial charge on any atom is 0.307 e. The highest BCUT2D eigenvalue weighted by Gasteiger charge is 2.35. The number of nitrogens with zero attached hydrogens (tertiary/aromatic N) is 1. The van der Waals surface area contributed by atoms with E-state index < -0.39 is 5.60 Å². The van der Waals surface area contributed by atoms with Crippen LogP contribution in [-0.2, 0) is 0 Å². The van der Waals surface area contributed by atoms with Crippen LogP contribution in [0.1, 0.15) is 32.6 Å². The van der Waals surface area contributed by atoms with Gasteiger partial charge in [-0.05, 0) is 31.6 Å². The van der Waals surface area contributed by atoms with Gasteiger partial charge in [0.2, 0.25) is 0 Å². The molecule has 0 heterocycles. The average Bonchev–Trinajstić information content (AvgIpc) is 1.97. The lowest BCUT2D eigenvalue weighted by atomic mass is 9.80. The van der Waals surface area contributed by atoms with Gasteiger partial charge in [-0.3, -0.25) is 0 Å². The molecule has 1 aliphatic rings. The molecular weight excluding hydrogens is 138 g/mol. The van der Waals surface area contributed by atoms with Crippen LogP contribution in [-0.4, -0.2) is 17.8 Å². The standard InChI is InChI=1S/C9H16NO/c1-8-3-5-9(11,6-4-8)7-10-2/h8,11H,3-6H2,1-2H3/q+1. The van der Waals surface area contributed by atoms with Crippen LogP contribution in [0.5, 0.6) is 0 Å². The topological polar surface area (TPSA) is 24.6 Å². The first-order valence-electron chi connectivity index (χ1n) is 4.25. The summed E-state index contributed by atoms with van der Waals surface area (Å²) in [5, 5.41) is 9.78. The Balaban J connectivity index is 2.52. The minimum atomic E-state index is -0.707. The molecule has 0 amide bonds. The monoisotopic (exact) mass is 154 g/mol. The maximum absolute atomic E-state index is 9.78. The first-order valence-corrected chi connectivity index (χ1v) is 4.25. The normalized spacial score (nSPS) is 37.5. The van der Waals surface area contributed by atoms with Crippen molar-refractivity contribution in [1.29, 1.82) is 0 Å². The molecular formula is C9H16NO+. The van der Waals surface area contributed by atoms with Crippen molar-refractivity contribution in [3.8, 4) is 6.07 Å². The van der Waals surface area contributed by atoms with E-state index in [4.69, 9.17) is 0 Å². The third-order valence-corrected chi connectivity index (χ3v) is 2.42. The van der Waals surface area contributed by atoms with E-state index in [9.17, 15) is 5.11 Å². The van der Waals surface area contributed by atoms with Gasteiger partial charge in [0.15, 0.2) is 5.60 Å². The van der Waals surface area contributed by atoms with Crippen molar-refractivity contribution < 1.29 is 5.11 Å². The fourth-order valence-corrected chi connectivity index (χ4v) is 1.56. The van der Waals surface area contributed by atoms with Crippen LogP contribution in [0.25, 0.3) is 4.85 Å². The van der Waals surface area contributed by atoms with E-state index in [-0.39, 0.29) is 0 Å². The van der Waals surface area contributed by atoms with Crippen LogP contribution in [0.2, 0.25) is 0 Å². The van der Waals surface area contributed by atoms with Crippen molar-refractivity contribution in [2.45, 2.75) is 38.2 Å². The quantitative estimate of drug-likeness (QED) is 0.529. The van der Waals surface area contributed by atoms with Crippen molar-refractivity contribution in [2.24, 2.45) is 5.92 Å². The number of aliphatic hydroxyl groups is 1. The number of rotatable bonds is 0. The van der Waals surface area contributed by atoms with Gasteiger partial charge in [0.05, 0.1) is 0 Å². The minimum absolute atomic E-state index is 0.707. The summed E-state index contributed by atoms with van der Waals surface area (Å²) >= 11 is 0. The lowest BCUT2D eigenvalue weighted by Gasteiger charge is -2.26. The van der Waals surface area contributed by atoms with Gasteiger partial charge in [0.25, 0.3) is 7.05 Å². The van der Waals surface area contributed by atoms with Crippen molar-refractivity contribution in [2.75, 3.05) is 7.05 Å². The smallest absolute Gasteiger partial charge is 0.307 e. The second-order valence-electron chi connectivity index (χ2n) is 3.55. The summed E-state index contributed by atoms with van der Waals surface area (Å²) in [6.45, 7) is 2.22. The van der Waals surface area contributed by atoms with E-state index in [0.717, 1.165) is 31.6 Å². The largest absolute Gasteiger partial charge is 0.372 e. The van der Waals surface area contributed by atoms with E-state index >= 15 is 0 Å². The third kappa shape index (κ3) is 2.20. The molecule has 0 aliphatic heterocycles. The predicted molar refractivity (Wildman–Crippen MR) is 45.8 cm³/mol. The summed E-state index contributed by atoms with van der Waals surface area (Å²) < 4.78 is 0. The van der Waals surface area contributed by atoms with E-state index in [1.807, 2.05) is 0 Å². The summed E-state index contributed by atoms with van der Waals surface area (Å²) in [6, 6.07) is 2.76. The highest BCUT2D eigenvalue weighted by molar-refractivity contribution is 5.07. The molecule has 0 bridgehead atoms. The summed E-state index contributed by atoms with van der Waals surface area (Å²) in [5.74, 6) is 0.758. The van der Waals surface area contributed by atoms with Crippen LogP contribution in [0.4, 0.5) is 0 Å². The van der Waals surface area contributed by atoms with Gasteiger partial charge in [-0.2, -0.15) is 0 Å². The lowest BCUT2D eigenvalue weighted by Crippen LogP contribution is -2.31. The SMILES string of the molecule is C[N+]#CC1(O)CCC(C)CC1. The zero-order chi connectivity index (χ0) is 8.32. The zero-order valence-electron chi connectivity index (χ0n) is 7.30. The van der Waals surface area contributed by atoms with Crippen LogP contribution in [0, 0.1) is 12.0 Å². The Morgan fingerprint density at radius 1 is 1.45 bits per heavy atom. The predicted octanol–water partition coefficient (Wildman–Crippen LogP) is 1.89. The van der Waals surface area contributed by atoms with Crippen LogP contribution in [0.3, 0.4) is 0 Å². The molecule has 1 aliphatic carbocycles. The highest BCUT2D eigenvalue weighted by Crippen LogP contribution is 2.31. The zero-order valence-corrected chi connectivity index (χ0v) is 7.30. The molecule has 0 aromatic heterocycles. The molecule has 1 rings (SSSR count). The molecule has 0 saturated heterocycles. The van der Waals surface area contributed by atoms with E-state index in [1.165, 1.54) is 0 Å². The fraction of sp³-hybridized carbons (Fsp3) is 0.889. The Hall–Kier alpha value is -0.550. The second kappa shape index (κ2) is 3.23.